The first-order valence-electron chi connectivity index (χ1n) is 10.7. The van der Waals surface area contributed by atoms with Crippen molar-refractivity contribution in [2.24, 2.45) is 11.8 Å². The van der Waals surface area contributed by atoms with E-state index in [1.807, 2.05) is 5.32 Å². The van der Waals surface area contributed by atoms with E-state index >= 15 is 0 Å². The fraction of sp³-hybridized carbons (Fsp3) is 0.750. The maximum Gasteiger partial charge on any atom is 0.350 e. The van der Waals surface area contributed by atoms with Gasteiger partial charge in [0.05, 0.1) is 5.92 Å². The van der Waals surface area contributed by atoms with Crippen LogP contribution >= 0.6 is 0 Å². The molecule has 0 radical (unpaired) electrons. The highest BCUT2D eigenvalue weighted by Gasteiger charge is 2.39. The van der Waals surface area contributed by atoms with Crippen LogP contribution in [0.25, 0.3) is 0 Å². The fourth-order valence-corrected chi connectivity index (χ4v) is 4.02. The molecule has 0 spiro atoms. The number of carbonyl (C=O) groups is 5. The molecule has 11 nitrogen and oxygen atoms in total. The summed E-state index contributed by atoms with van der Waals surface area (Å²) in [4.78, 5) is 61.0. The molecule has 0 aromatic carbocycles. The number of rotatable bonds is 9. The molecular weight excluding hydrogens is 408 g/mol. The summed E-state index contributed by atoms with van der Waals surface area (Å²) in [6.45, 7) is 3.76. The van der Waals surface area contributed by atoms with E-state index in [1.165, 1.54) is 0 Å². The first-order valence-corrected chi connectivity index (χ1v) is 10.7. The zero-order valence-electron chi connectivity index (χ0n) is 17.8. The van der Waals surface area contributed by atoms with E-state index in [-0.39, 0.29) is 12.5 Å². The van der Waals surface area contributed by atoms with E-state index < -0.39 is 41.8 Å². The summed E-state index contributed by atoms with van der Waals surface area (Å²) >= 11 is 0. The minimum Gasteiger partial charge on any atom is -0.481 e. The van der Waals surface area contributed by atoms with E-state index in [4.69, 9.17) is 5.11 Å². The first-order chi connectivity index (χ1) is 14.6. The van der Waals surface area contributed by atoms with Gasteiger partial charge >= 0.3 is 11.9 Å². The lowest BCUT2D eigenvalue weighted by molar-refractivity contribution is -0.153. The van der Waals surface area contributed by atoms with Gasteiger partial charge in [0.1, 0.15) is 6.42 Å². The number of amides is 3. The van der Waals surface area contributed by atoms with Gasteiger partial charge in [-0.15, -0.1) is 0 Å². The molecule has 2 atom stereocenters. The van der Waals surface area contributed by atoms with Crippen molar-refractivity contribution in [3.05, 3.63) is 0 Å². The van der Waals surface area contributed by atoms with Crippen LogP contribution < -0.4 is 16.0 Å². The Hall–Kier alpha value is -2.69. The Labute approximate surface area is 180 Å². The predicted octanol–water partition coefficient (Wildman–Crippen LogP) is -0.487. The third-order valence-electron chi connectivity index (χ3n) is 5.87. The number of likely N-dealkylation sites (tertiary alicyclic amines) is 1. The van der Waals surface area contributed by atoms with Gasteiger partial charge in [0, 0.05) is 19.5 Å². The number of nitrogens with zero attached hydrogens (tertiary/aromatic N) is 1. The minimum absolute atomic E-state index is 0.00760. The number of carbonyl (C=O) groups excluding carboxylic acids is 3. The Balaban J connectivity index is 1.90. The molecule has 2 heterocycles. The molecule has 11 heteroatoms. The van der Waals surface area contributed by atoms with E-state index in [1.54, 1.807) is 4.90 Å². The highest BCUT2D eigenvalue weighted by atomic mass is 16.4. The molecule has 31 heavy (non-hydrogen) atoms. The van der Waals surface area contributed by atoms with Crippen molar-refractivity contribution in [1.29, 1.82) is 0 Å². The van der Waals surface area contributed by atoms with Crippen molar-refractivity contribution in [3.8, 4) is 0 Å². The summed E-state index contributed by atoms with van der Waals surface area (Å²) in [5.74, 6) is -4.65. The van der Waals surface area contributed by atoms with Gasteiger partial charge in [0.15, 0.2) is 0 Å². The number of aliphatic carboxylic acids is 2. The van der Waals surface area contributed by atoms with Gasteiger partial charge in [-0.1, -0.05) is 0 Å². The molecule has 174 valence electrons. The second-order valence-corrected chi connectivity index (χ2v) is 8.45. The summed E-state index contributed by atoms with van der Waals surface area (Å²) in [6, 6.07) is 0. The average molecular weight is 440 g/mol. The Bertz CT molecular complexity index is 708. The lowest BCUT2D eigenvalue weighted by Crippen LogP contribution is -2.65. The number of piperidine rings is 2. The van der Waals surface area contributed by atoms with Crippen LogP contribution in [-0.4, -0.2) is 76.6 Å². The summed E-state index contributed by atoms with van der Waals surface area (Å²) < 4.78 is 0. The molecule has 1 unspecified atom stereocenters. The number of nitrogens with one attached hydrogen (secondary N) is 3. The SMILES string of the molecule is C[C@](NC(=O)CC(=O)O)(NC(=O)C1CCCN(C(=O)CCC2CCNCC2)C1)C(=O)O. The molecule has 0 aromatic heterocycles. The van der Waals surface area contributed by atoms with Gasteiger partial charge in [0.2, 0.25) is 23.4 Å². The molecule has 2 rings (SSSR count). The molecule has 2 fully saturated rings. The molecule has 5 N–H and O–H groups in total. The van der Waals surface area contributed by atoms with Crippen molar-refractivity contribution in [3.63, 3.8) is 0 Å². The predicted molar refractivity (Wildman–Crippen MR) is 109 cm³/mol. The van der Waals surface area contributed by atoms with Gasteiger partial charge in [-0.25, -0.2) is 4.79 Å². The molecule has 0 aromatic rings. The van der Waals surface area contributed by atoms with Crippen molar-refractivity contribution in [2.45, 2.75) is 57.5 Å². The lowest BCUT2D eigenvalue weighted by atomic mass is 9.92. The van der Waals surface area contributed by atoms with Crippen molar-refractivity contribution < 1.29 is 34.2 Å². The minimum atomic E-state index is -2.15. The summed E-state index contributed by atoms with van der Waals surface area (Å²) in [5, 5.41) is 25.8. The highest BCUT2D eigenvalue weighted by molar-refractivity contribution is 5.97. The molecule has 0 aliphatic carbocycles. The second kappa shape index (κ2) is 11.1. The largest absolute Gasteiger partial charge is 0.481 e. The van der Waals surface area contributed by atoms with Crippen LogP contribution in [0.3, 0.4) is 0 Å². The third-order valence-corrected chi connectivity index (χ3v) is 5.87. The van der Waals surface area contributed by atoms with Crippen LogP contribution in [0.2, 0.25) is 0 Å². The number of carboxylic acid groups (broad SMARTS) is 2. The molecular formula is C20H32N4O7. The maximum absolute atomic E-state index is 12.7. The van der Waals surface area contributed by atoms with Crippen molar-refractivity contribution in [2.75, 3.05) is 26.2 Å². The zero-order valence-corrected chi connectivity index (χ0v) is 17.8. The van der Waals surface area contributed by atoms with Gasteiger partial charge < -0.3 is 31.1 Å². The van der Waals surface area contributed by atoms with Gasteiger partial charge in [-0.3, -0.25) is 19.2 Å². The second-order valence-electron chi connectivity index (χ2n) is 8.45. The molecule has 0 saturated carbocycles. The summed E-state index contributed by atoms with van der Waals surface area (Å²) in [5.41, 5.74) is -2.15. The summed E-state index contributed by atoms with van der Waals surface area (Å²) in [6.07, 6.45) is 3.55. The monoisotopic (exact) mass is 440 g/mol. The lowest BCUT2D eigenvalue weighted by Gasteiger charge is -2.35. The topological polar surface area (TPSA) is 165 Å². The number of carboxylic acids is 2. The van der Waals surface area contributed by atoms with Crippen molar-refractivity contribution >= 4 is 29.7 Å². The van der Waals surface area contributed by atoms with Gasteiger partial charge in [-0.05, 0) is 58.0 Å². The molecule has 2 saturated heterocycles. The van der Waals surface area contributed by atoms with Crippen LogP contribution in [0.5, 0.6) is 0 Å². The van der Waals surface area contributed by atoms with E-state index in [2.05, 4.69) is 10.6 Å². The van der Waals surface area contributed by atoms with E-state index in [0.29, 0.717) is 31.7 Å². The smallest absolute Gasteiger partial charge is 0.350 e. The van der Waals surface area contributed by atoms with E-state index in [9.17, 15) is 29.1 Å². The Morgan fingerprint density at radius 3 is 2.35 bits per heavy atom. The Kier molecular flexibility index (Phi) is 8.78. The standard InChI is InChI=1S/C20H32N4O7/c1-20(19(30)31,22-15(25)11-17(27)28)23-18(29)14-3-2-10-24(12-14)16(26)5-4-13-6-8-21-9-7-13/h13-14,21H,2-12H2,1H3,(H,22,25)(H,23,29)(H,27,28)(H,30,31)/t14?,20-/m0/s1. The van der Waals surface area contributed by atoms with Gasteiger partial charge in [-0.2, -0.15) is 0 Å². The third kappa shape index (κ3) is 7.50. The molecule has 3 amide bonds. The van der Waals surface area contributed by atoms with Crippen LogP contribution in [0, 0.1) is 11.8 Å². The average Bonchev–Trinajstić information content (AvgIpc) is 2.72. The molecule has 0 bridgehead atoms. The molecule has 2 aliphatic heterocycles. The van der Waals surface area contributed by atoms with Crippen LogP contribution in [0.15, 0.2) is 0 Å². The van der Waals surface area contributed by atoms with Crippen LogP contribution in [0.4, 0.5) is 0 Å². The normalized spacial score (nSPS) is 21.6. The van der Waals surface area contributed by atoms with Crippen LogP contribution in [-0.2, 0) is 24.0 Å². The van der Waals surface area contributed by atoms with E-state index in [0.717, 1.165) is 39.3 Å². The van der Waals surface area contributed by atoms with Crippen LogP contribution in [0.1, 0.15) is 51.9 Å². The summed E-state index contributed by atoms with van der Waals surface area (Å²) in [7, 11) is 0. The highest BCUT2D eigenvalue weighted by Crippen LogP contribution is 2.22. The first kappa shape index (κ1) is 24.6. The number of hydrogen-bond acceptors (Lipinski definition) is 6. The van der Waals surface area contributed by atoms with Crippen molar-refractivity contribution in [1.82, 2.24) is 20.9 Å². The quantitative estimate of drug-likeness (QED) is 0.237. The number of hydrogen-bond donors (Lipinski definition) is 5. The maximum atomic E-state index is 12.7. The Morgan fingerprint density at radius 1 is 1.06 bits per heavy atom. The fourth-order valence-electron chi connectivity index (χ4n) is 4.02. The zero-order chi connectivity index (χ0) is 23.0. The molecule has 2 aliphatic rings. The Morgan fingerprint density at radius 2 is 1.74 bits per heavy atom. The van der Waals surface area contributed by atoms with Gasteiger partial charge in [0.25, 0.3) is 0 Å².